The third-order valence-corrected chi connectivity index (χ3v) is 5.29. The maximum absolute atomic E-state index is 13.2. The van der Waals surface area contributed by atoms with Crippen molar-refractivity contribution in [3.63, 3.8) is 0 Å². The first kappa shape index (κ1) is 22.9. The van der Waals surface area contributed by atoms with E-state index in [9.17, 15) is 9.59 Å². The zero-order chi connectivity index (χ0) is 24.1. The Morgan fingerprint density at radius 3 is 2.26 bits per heavy atom. The van der Waals surface area contributed by atoms with Crippen LogP contribution in [0.5, 0.6) is 11.5 Å². The normalized spacial score (nSPS) is 10.4. The van der Waals surface area contributed by atoms with Crippen molar-refractivity contribution in [2.75, 3.05) is 14.2 Å². The summed E-state index contributed by atoms with van der Waals surface area (Å²) in [5.41, 5.74) is 7.13. The Kier molecular flexibility index (Phi) is 6.79. The topological polar surface area (TPSA) is 94.5 Å². The third kappa shape index (κ3) is 4.87. The van der Waals surface area contributed by atoms with Crippen LogP contribution in [-0.4, -0.2) is 35.8 Å². The van der Waals surface area contributed by atoms with E-state index in [4.69, 9.17) is 21.1 Å². The predicted octanol–water partition coefficient (Wildman–Crippen LogP) is 4.28. The largest absolute Gasteiger partial charge is 0.497 e. The zero-order valence-corrected chi connectivity index (χ0v) is 19.2. The number of aromatic nitrogens is 2. The second-order valence-electron chi connectivity index (χ2n) is 7.15. The monoisotopic (exact) mass is 476 g/mol. The molecule has 0 saturated heterocycles. The maximum atomic E-state index is 13.2. The van der Waals surface area contributed by atoms with Gasteiger partial charge in [0.25, 0.3) is 11.8 Å². The molecule has 4 rings (SSSR count). The molecule has 1 heterocycles. The molecule has 3 aromatic carbocycles. The molecular weight excluding hydrogens is 456 g/mol. The van der Waals surface area contributed by atoms with Gasteiger partial charge in [0.15, 0.2) is 0 Å². The SMILES string of the molecule is COc1ccc(OC)c(-c2nn(-c3ccccc3)cc2C(=O)NNC(=O)c2ccc(Cl)cc2)c1. The minimum atomic E-state index is -0.552. The van der Waals surface area contributed by atoms with Crippen molar-refractivity contribution >= 4 is 23.4 Å². The van der Waals surface area contributed by atoms with Crippen molar-refractivity contribution in [2.24, 2.45) is 0 Å². The van der Waals surface area contributed by atoms with Gasteiger partial charge in [0.05, 0.1) is 25.5 Å². The lowest BCUT2D eigenvalue weighted by Gasteiger charge is -2.11. The van der Waals surface area contributed by atoms with Crippen LogP contribution in [0, 0.1) is 0 Å². The molecule has 0 unspecified atom stereocenters. The molecule has 0 bridgehead atoms. The van der Waals surface area contributed by atoms with E-state index >= 15 is 0 Å². The average Bonchev–Trinajstić information content (AvgIpc) is 3.33. The van der Waals surface area contributed by atoms with Gasteiger partial charge in [0.2, 0.25) is 0 Å². The molecule has 8 nitrogen and oxygen atoms in total. The summed E-state index contributed by atoms with van der Waals surface area (Å²) in [5.74, 6) is 0.0520. The van der Waals surface area contributed by atoms with Crippen molar-refractivity contribution in [2.45, 2.75) is 0 Å². The van der Waals surface area contributed by atoms with E-state index in [1.54, 1.807) is 60.5 Å². The highest BCUT2D eigenvalue weighted by atomic mass is 35.5. The van der Waals surface area contributed by atoms with Crippen LogP contribution in [0.4, 0.5) is 0 Å². The highest BCUT2D eigenvalue weighted by Gasteiger charge is 2.22. The van der Waals surface area contributed by atoms with E-state index in [0.29, 0.717) is 33.3 Å². The summed E-state index contributed by atoms with van der Waals surface area (Å²) in [6.07, 6.45) is 1.59. The number of halogens is 1. The molecule has 4 aromatic rings. The molecule has 0 spiro atoms. The molecular formula is C25H21ClN4O4. The standard InChI is InChI=1S/C25H21ClN4O4/c1-33-19-12-13-22(34-2)20(14-19)23-21(15-30(29-23)18-6-4-3-5-7-18)25(32)28-27-24(31)16-8-10-17(26)11-9-16/h3-15H,1-2H3,(H,27,31)(H,28,32). The number of methoxy groups -OCH3 is 2. The first-order chi connectivity index (χ1) is 16.5. The number of nitrogens with one attached hydrogen (secondary N) is 2. The molecule has 2 N–H and O–H groups in total. The molecule has 34 heavy (non-hydrogen) atoms. The van der Waals surface area contributed by atoms with Crippen LogP contribution in [0.15, 0.2) is 79.0 Å². The fourth-order valence-electron chi connectivity index (χ4n) is 3.31. The van der Waals surface area contributed by atoms with Gasteiger partial charge in [-0.1, -0.05) is 29.8 Å². The lowest BCUT2D eigenvalue weighted by Crippen LogP contribution is -2.41. The number of para-hydroxylation sites is 1. The quantitative estimate of drug-likeness (QED) is 0.405. The fraction of sp³-hybridized carbons (Fsp3) is 0.0800. The van der Waals surface area contributed by atoms with E-state index < -0.39 is 11.8 Å². The minimum absolute atomic E-state index is 0.229. The van der Waals surface area contributed by atoms with E-state index in [1.807, 2.05) is 30.3 Å². The molecule has 0 atom stereocenters. The van der Waals surface area contributed by atoms with Crippen molar-refractivity contribution in [1.82, 2.24) is 20.6 Å². The van der Waals surface area contributed by atoms with Gasteiger partial charge in [-0.3, -0.25) is 20.4 Å². The number of hydrazine groups is 1. The van der Waals surface area contributed by atoms with Crippen molar-refractivity contribution in [3.8, 4) is 28.4 Å². The summed E-state index contributed by atoms with van der Waals surface area (Å²) in [6, 6.07) is 20.9. The van der Waals surface area contributed by atoms with E-state index in [2.05, 4.69) is 16.0 Å². The van der Waals surface area contributed by atoms with Gasteiger partial charge < -0.3 is 9.47 Å². The molecule has 0 aliphatic carbocycles. The Bertz CT molecular complexity index is 1320. The van der Waals surface area contributed by atoms with Crippen LogP contribution in [0.25, 0.3) is 16.9 Å². The summed E-state index contributed by atoms with van der Waals surface area (Å²) in [6.45, 7) is 0. The average molecular weight is 477 g/mol. The molecule has 172 valence electrons. The zero-order valence-electron chi connectivity index (χ0n) is 18.4. The molecule has 0 aliphatic rings. The number of benzene rings is 3. The van der Waals surface area contributed by atoms with Crippen molar-refractivity contribution in [1.29, 1.82) is 0 Å². The van der Waals surface area contributed by atoms with Gasteiger partial charge in [-0.2, -0.15) is 5.10 Å². The highest BCUT2D eigenvalue weighted by Crippen LogP contribution is 2.35. The van der Waals surface area contributed by atoms with Crippen molar-refractivity contribution in [3.05, 3.63) is 95.1 Å². The summed E-state index contributed by atoms with van der Waals surface area (Å²) in [5, 5.41) is 5.15. The number of carbonyl (C=O) groups excluding carboxylic acids is 2. The lowest BCUT2D eigenvalue weighted by atomic mass is 10.1. The number of hydrogen-bond acceptors (Lipinski definition) is 5. The van der Waals surface area contributed by atoms with E-state index in [-0.39, 0.29) is 5.56 Å². The van der Waals surface area contributed by atoms with Crippen LogP contribution in [0.3, 0.4) is 0 Å². The Hall–Kier alpha value is -4.30. The number of carbonyl (C=O) groups is 2. The third-order valence-electron chi connectivity index (χ3n) is 5.04. The molecule has 2 amide bonds. The summed E-state index contributed by atoms with van der Waals surface area (Å²) in [7, 11) is 3.08. The van der Waals surface area contributed by atoms with E-state index in [1.165, 1.54) is 7.11 Å². The molecule has 0 aliphatic heterocycles. The Balaban J connectivity index is 1.69. The summed E-state index contributed by atoms with van der Waals surface area (Å²) in [4.78, 5) is 25.6. The van der Waals surface area contributed by atoms with Gasteiger partial charge in [0.1, 0.15) is 17.2 Å². The van der Waals surface area contributed by atoms with Gasteiger partial charge in [-0.05, 0) is 54.6 Å². The maximum Gasteiger partial charge on any atom is 0.273 e. The number of nitrogens with zero attached hydrogens (tertiary/aromatic N) is 2. The van der Waals surface area contributed by atoms with Crippen molar-refractivity contribution < 1.29 is 19.1 Å². The van der Waals surface area contributed by atoms with Crippen LogP contribution in [0.1, 0.15) is 20.7 Å². The Labute approximate surface area is 201 Å². The molecule has 0 fully saturated rings. The second kappa shape index (κ2) is 10.1. The Morgan fingerprint density at radius 1 is 0.882 bits per heavy atom. The van der Waals surface area contributed by atoms with Gasteiger partial charge in [-0.15, -0.1) is 0 Å². The number of hydrogen-bond donors (Lipinski definition) is 2. The lowest BCUT2D eigenvalue weighted by molar-refractivity contribution is 0.0847. The Morgan fingerprint density at radius 2 is 1.59 bits per heavy atom. The molecule has 0 saturated carbocycles. The second-order valence-corrected chi connectivity index (χ2v) is 7.59. The number of amides is 2. The minimum Gasteiger partial charge on any atom is -0.497 e. The first-order valence-corrected chi connectivity index (χ1v) is 10.6. The van der Waals surface area contributed by atoms with Gasteiger partial charge in [-0.25, -0.2) is 4.68 Å². The number of rotatable bonds is 6. The van der Waals surface area contributed by atoms with Gasteiger partial charge >= 0.3 is 0 Å². The predicted molar refractivity (Wildman–Crippen MR) is 128 cm³/mol. The summed E-state index contributed by atoms with van der Waals surface area (Å²) < 4.78 is 12.4. The molecule has 1 aromatic heterocycles. The molecule has 9 heteroatoms. The van der Waals surface area contributed by atoms with Crippen LogP contribution in [0.2, 0.25) is 5.02 Å². The fourth-order valence-corrected chi connectivity index (χ4v) is 3.43. The number of ether oxygens (including phenoxy) is 2. The van der Waals surface area contributed by atoms with Crippen LogP contribution >= 0.6 is 11.6 Å². The van der Waals surface area contributed by atoms with E-state index in [0.717, 1.165) is 5.69 Å². The smallest absolute Gasteiger partial charge is 0.273 e. The van der Waals surface area contributed by atoms with Crippen LogP contribution < -0.4 is 20.3 Å². The summed E-state index contributed by atoms with van der Waals surface area (Å²) >= 11 is 5.87. The molecule has 0 radical (unpaired) electrons. The van der Waals surface area contributed by atoms with Gasteiger partial charge in [0, 0.05) is 22.3 Å². The first-order valence-electron chi connectivity index (χ1n) is 10.2. The van der Waals surface area contributed by atoms with Crippen LogP contribution in [-0.2, 0) is 0 Å². The highest BCUT2D eigenvalue weighted by molar-refractivity contribution is 6.30.